The van der Waals surface area contributed by atoms with Crippen molar-refractivity contribution in [1.29, 1.82) is 0 Å². The van der Waals surface area contributed by atoms with Crippen LogP contribution in [0.2, 0.25) is 0 Å². The SMILES string of the molecule is CC(C)(C)C(=O)Nc1cncc(-c2ccc3[nH]nc(-c4cc5c(-c6ccoc6)cncc5[nH]4)c3c2)c1. The Kier molecular flexibility index (Phi) is 4.96. The van der Waals surface area contributed by atoms with Crippen LogP contribution in [0.4, 0.5) is 5.69 Å². The Balaban J connectivity index is 1.40. The molecular weight excluding hydrogens is 452 g/mol. The quantitative estimate of drug-likeness (QED) is 0.272. The molecule has 3 N–H and O–H groups in total. The van der Waals surface area contributed by atoms with Gasteiger partial charge in [0.2, 0.25) is 5.91 Å². The number of amides is 1. The van der Waals surface area contributed by atoms with Gasteiger partial charge in [-0.05, 0) is 35.9 Å². The summed E-state index contributed by atoms with van der Waals surface area (Å²) in [4.78, 5) is 24.6. The van der Waals surface area contributed by atoms with Crippen LogP contribution in [0.15, 0.2) is 78.1 Å². The predicted octanol–water partition coefficient (Wildman–Crippen LogP) is 6.41. The molecule has 178 valence electrons. The Hall–Kier alpha value is -4.72. The van der Waals surface area contributed by atoms with Crippen molar-refractivity contribution in [1.82, 2.24) is 25.1 Å². The Bertz CT molecular complexity index is 1720. The summed E-state index contributed by atoms with van der Waals surface area (Å²) in [5, 5.41) is 12.7. The second-order valence-electron chi connectivity index (χ2n) is 9.84. The normalized spacial score (nSPS) is 11.9. The zero-order valence-corrected chi connectivity index (χ0v) is 20.1. The van der Waals surface area contributed by atoms with Crippen molar-refractivity contribution in [2.24, 2.45) is 5.41 Å². The third-order valence-electron chi connectivity index (χ3n) is 6.21. The van der Waals surface area contributed by atoms with E-state index in [0.29, 0.717) is 5.69 Å². The first kappa shape index (κ1) is 21.8. The van der Waals surface area contributed by atoms with Gasteiger partial charge in [-0.15, -0.1) is 0 Å². The number of benzene rings is 1. The van der Waals surface area contributed by atoms with Gasteiger partial charge < -0.3 is 14.7 Å². The Labute approximate surface area is 206 Å². The van der Waals surface area contributed by atoms with Crippen LogP contribution >= 0.6 is 0 Å². The molecule has 0 aliphatic carbocycles. The number of H-pyrrole nitrogens is 2. The molecule has 6 rings (SSSR count). The molecule has 0 bridgehead atoms. The second-order valence-corrected chi connectivity index (χ2v) is 9.84. The van der Waals surface area contributed by atoms with Crippen LogP contribution in [0.1, 0.15) is 20.8 Å². The minimum absolute atomic E-state index is 0.0582. The average Bonchev–Trinajstić information content (AvgIpc) is 3.62. The van der Waals surface area contributed by atoms with Crippen molar-refractivity contribution in [3.05, 3.63) is 73.7 Å². The topological polar surface area (TPSA) is 112 Å². The van der Waals surface area contributed by atoms with Crippen LogP contribution in [0, 0.1) is 5.41 Å². The Morgan fingerprint density at radius 2 is 1.75 bits per heavy atom. The maximum Gasteiger partial charge on any atom is 0.229 e. The van der Waals surface area contributed by atoms with Gasteiger partial charge in [0.15, 0.2) is 0 Å². The molecule has 5 heterocycles. The number of carbonyl (C=O) groups is 1. The van der Waals surface area contributed by atoms with Crippen LogP contribution in [0.5, 0.6) is 0 Å². The van der Waals surface area contributed by atoms with E-state index in [1.54, 1.807) is 24.9 Å². The van der Waals surface area contributed by atoms with Crippen molar-refractivity contribution >= 4 is 33.4 Å². The number of aromatic nitrogens is 5. The molecule has 1 aromatic carbocycles. The molecule has 8 nitrogen and oxygen atoms in total. The lowest BCUT2D eigenvalue weighted by Crippen LogP contribution is -2.27. The van der Waals surface area contributed by atoms with E-state index in [1.807, 2.05) is 57.4 Å². The van der Waals surface area contributed by atoms with Crippen molar-refractivity contribution < 1.29 is 9.21 Å². The van der Waals surface area contributed by atoms with Crippen molar-refractivity contribution in [2.75, 3.05) is 5.32 Å². The highest BCUT2D eigenvalue weighted by Gasteiger charge is 2.21. The van der Waals surface area contributed by atoms with Gasteiger partial charge in [0.25, 0.3) is 0 Å². The average molecular weight is 477 g/mol. The lowest BCUT2D eigenvalue weighted by atomic mass is 9.95. The number of fused-ring (bicyclic) bond motifs is 2. The lowest BCUT2D eigenvalue weighted by molar-refractivity contribution is -0.123. The summed E-state index contributed by atoms with van der Waals surface area (Å²) in [5.74, 6) is -0.0582. The number of aromatic amines is 2. The molecule has 8 heteroatoms. The maximum absolute atomic E-state index is 12.4. The first-order valence-corrected chi connectivity index (χ1v) is 11.6. The van der Waals surface area contributed by atoms with Crippen LogP contribution in [-0.4, -0.2) is 31.1 Å². The molecule has 0 radical (unpaired) electrons. The summed E-state index contributed by atoms with van der Waals surface area (Å²) in [6.07, 6.45) is 10.5. The van der Waals surface area contributed by atoms with E-state index < -0.39 is 5.41 Å². The highest BCUT2D eigenvalue weighted by Crippen LogP contribution is 2.35. The van der Waals surface area contributed by atoms with E-state index in [1.165, 1.54) is 0 Å². The zero-order chi connectivity index (χ0) is 24.9. The summed E-state index contributed by atoms with van der Waals surface area (Å²) in [6, 6.07) is 12.0. The molecule has 0 saturated heterocycles. The van der Waals surface area contributed by atoms with E-state index in [4.69, 9.17) is 4.42 Å². The molecule has 1 amide bonds. The Morgan fingerprint density at radius 3 is 2.56 bits per heavy atom. The number of rotatable bonds is 4. The van der Waals surface area contributed by atoms with Crippen molar-refractivity contribution in [3.8, 4) is 33.6 Å². The van der Waals surface area contributed by atoms with Gasteiger partial charge in [0.1, 0.15) is 5.69 Å². The van der Waals surface area contributed by atoms with Gasteiger partial charge in [-0.3, -0.25) is 19.9 Å². The lowest BCUT2D eigenvalue weighted by Gasteiger charge is -2.17. The molecule has 0 aliphatic heterocycles. The maximum atomic E-state index is 12.4. The van der Waals surface area contributed by atoms with Gasteiger partial charge >= 0.3 is 0 Å². The standard InChI is InChI=1S/C28H24N6O2/c1-28(2,3)27(35)31-19-8-18(11-29-12-19)16-4-5-23-21(9-16)26(34-33-23)24-10-20-22(17-6-7-36-15-17)13-30-14-25(20)32-24/h4-15,32H,1-3H3,(H,31,35)(H,33,34). The molecule has 6 aromatic rings. The smallest absolute Gasteiger partial charge is 0.229 e. The molecule has 0 fully saturated rings. The van der Waals surface area contributed by atoms with Gasteiger partial charge in [-0.1, -0.05) is 26.8 Å². The van der Waals surface area contributed by atoms with Gasteiger partial charge in [0.05, 0.1) is 47.3 Å². The van der Waals surface area contributed by atoms with Gasteiger partial charge in [0, 0.05) is 45.3 Å². The minimum Gasteiger partial charge on any atom is -0.472 e. The molecule has 36 heavy (non-hydrogen) atoms. The van der Waals surface area contributed by atoms with E-state index in [-0.39, 0.29) is 5.91 Å². The first-order valence-electron chi connectivity index (χ1n) is 11.6. The van der Waals surface area contributed by atoms with E-state index in [2.05, 4.69) is 42.6 Å². The molecule has 0 atom stereocenters. The number of furan rings is 1. The summed E-state index contributed by atoms with van der Waals surface area (Å²) < 4.78 is 5.27. The molecule has 5 aromatic heterocycles. The minimum atomic E-state index is -0.493. The van der Waals surface area contributed by atoms with Crippen LogP contribution in [-0.2, 0) is 4.79 Å². The van der Waals surface area contributed by atoms with Crippen molar-refractivity contribution in [2.45, 2.75) is 20.8 Å². The number of nitrogens with one attached hydrogen (secondary N) is 3. The number of hydrogen-bond donors (Lipinski definition) is 3. The van der Waals surface area contributed by atoms with Crippen LogP contribution < -0.4 is 5.32 Å². The highest BCUT2D eigenvalue weighted by atomic mass is 16.3. The summed E-state index contributed by atoms with van der Waals surface area (Å²) >= 11 is 0. The molecule has 0 unspecified atom stereocenters. The second kappa shape index (κ2) is 8.20. The summed E-state index contributed by atoms with van der Waals surface area (Å²) in [6.45, 7) is 5.64. The van der Waals surface area contributed by atoms with E-state index >= 15 is 0 Å². The molecule has 0 spiro atoms. The number of carbonyl (C=O) groups excluding carboxylic acids is 1. The fourth-order valence-corrected chi connectivity index (χ4v) is 4.21. The van der Waals surface area contributed by atoms with Crippen LogP contribution in [0.3, 0.4) is 0 Å². The third-order valence-corrected chi connectivity index (χ3v) is 6.21. The fraction of sp³-hybridized carbons (Fsp3) is 0.143. The molecular formula is C28H24N6O2. The summed E-state index contributed by atoms with van der Waals surface area (Å²) in [5.41, 5.74) is 7.54. The van der Waals surface area contributed by atoms with E-state index in [9.17, 15) is 4.79 Å². The fourth-order valence-electron chi connectivity index (χ4n) is 4.21. The number of hydrogen-bond acceptors (Lipinski definition) is 5. The molecule has 0 aliphatic rings. The van der Waals surface area contributed by atoms with Crippen molar-refractivity contribution in [3.63, 3.8) is 0 Å². The number of anilines is 1. The highest BCUT2D eigenvalue weighted by molar-refractivity contribution is 6.01. The van der Waals surface area contributed by atoms with E-state index in [0.717, 1.165) is 55.4 Å². The third kappa shape index (κ3) is 3.82. The first-order chi connectivity index (χ1) is 17.4. The van der Waals surface area contributed by atoms with Crippen LogP contribution in [0.25, 0.3) is 55.4 Å². The predicted molar refractivity (Wildman–Crippen MR) is 140 cm³/mol. The van der Waals surface area contributed by atoms with Gasteiger partial charge in [-0.25, -0.2) is 0 Å². The number of nitrogens with zero attached hydrogens (tertiary/aromatic N) is 3. The Morgan fingerprint density at radius 1 is 0.889 bits per heavy atom. The monoisotopic (exact) mass is 476 g/mol. The number of pyridine rings is 2. The summed E-state index contributed by atoms with van der Waals surface area (Å²) in [7, 11) is 0. The molecule has 0 saturated carbocycles. The van der Waals surface area contributed by atoms with Gasteiger partial charge in [-0.2, -0.15) is 5.10 Å². The largest absolute Gasteiger partial charge is 0.472 e. The zero-order valence-electron chi connectivity index (χ0n) is 20.1.